The maximum atomic E-state index is 12.2. The Morgan fingerprint density at radius 2 is 1.95 bits per heavy atom. The fourth-order valence-electron chi connectivity index (χ4n) is 2.17. The second-order valence-corrected chi connectivity index (χ2v) is 6.88. The normalized spacial score (nSPS) is 17.6. The first kappa shape index (κ1) is 15.6. The van der Waals surface area contributed by atoms with Crippen molar-refractivity contribution in [2.45, 2.75) is 24.5 Å². The quantitative estimate of drug-likeness (QED) is 0.323. The molecule has 0 spiro atoms. The molecule has 0 aromatic heterocycles. The predicted octanol–water partition coefficient (Wildman–Crippen LogP) is 0.896. The summed E-state index contributed by atoms with van der Waals surface area (Å²) in [4.78, 5) is 0. The molecule has 116 valence electrons. The van der Waals surface area contributed by atoms with Gasteiger partial charge in [-0.3, -0.25) is 4.72 Å². The molecule has 8 heteroatoms. The summed E-state index contributed by atoms with van der Waals surface area (Å²) in [5, 5.41) is 11.0. The number of hydrogen-bond acceptors (Lipinski definition) is 5. The van der Waals surface area contributed by atoms with Crippen molar-refractivity contribution in [3.8, 4) is 0 Å². The van der Waals surface area contributed by atoms with E-state index in [1.807, 2.05) is 0 Å². The first-order valence-corrected chi connectivity index (χ1v) is 8.20. The molecule has 1 saturated heterocycles. The van der Waals surface area contributed by atoms with E-state index in [0.717, 1.165) is 5.56 Å². The van der Waals surface area contributed by atoms with E-state index < -0.39 is 15.3 Å². The number of rotatable bonds is 5. The van der Waals surface area contributed by atoms with Crippen molar-refractivity contribution in [2.24, 2.45) is 10.9 Å². The molecular weight excluding hydrogens is 294 g/mol. The maximum absolute atomic E-state index is 12.2. The number of amidine groups is 1. The molecule has 2 rings (SSSR count). The number of nitrogens with one attached hydrogen (secondary N) is 1. The zero-order valence-corrected chi connectivity index (χ0v) is 12.3. The van der Waals surface area contributed by atoms with Gasteiger partial charge in [-0.15, -0.1) is 0 Å². The van der Waals surface area contributed by atoms with Gasteiger partial charge < -0.3 is 15.7 Å². The smallest absolute Gasteiger partial charge is 0.235 e. The largest absolute Gasteiger partial charge is 0.409 e. The third-order valence-corrected chi connectivity index (χ3v) is 5.20. The number of nitrogens with two attached hydrogens (primary N) is 1. The minimum Gasteiger partial charge on any atom is -0.409 e. The lowest BCUT2D eigenvalue weighted by molar-refractivity contribution is 0.0984. The van der Waals surface area contributed by atoms with Crippen molar-refractivity contribution in [3.63, 3.8) is 0 Å². The van der Waals surface area contributed by atoms with Gasteiger partial charge >= 0.3 is 0 Å². The molecular formula is C13H19N3O4S. The van der Waals surface area contributed by atoms with Crippen LogP contribution in [0.5, 0.6) is 0 Å². The number of anilines is 1. The summed E-state index contributed by atoms with van der Waals surface area (Å²) in [6.45, 7) is 0.953. The molecule has 4 N–H and O–H groups in total. The minimum atomic E-state index is -3.40. The lowest BCUT2D eigenvalue weighted by atomic mass is 10.1. The summed E-state index contributed by atoms with van der Waals surface area (Å²) >= 11 is 0. The summed E-state index contributed by atoms with van der Waals surface area (Å²) < 4.78 is 32.2. The van der Waals surface area contributed by atoms with Crippen LogP contribution in [0.4, 0.5) is 5.69 Å². The van der Waals surface area contributed by atoms with Gasteiger partial charge in [0.05, 0.1) is 5.25 Å². The fraction of sp³-hybridized carbons (Fsp3) is 0.462. The molecule has 7 nitrogen and oxygen atoms in total. The topological polar surface area (TPSA) is 114 Å². The Labute approximate surface area is 123 Å². The van der Waals surface area contributed by atoms with E-state index in [-0.39, 0.29) is 5.84 Å². The summed E-state index contributed by atoms with van der Waals surface area (Å²) in [5.74, 6) is 0.102. The number of nitrogens with zero attached hydrogens (tertiary/aromatic N) is 1. The average molecular weight is 313 g/mol. The van der Waals surface area contributed by atoms with Crippen LogP contribution >= 0.6 is 0 Å². The summed E-state index contributed by atoms with van der Waals surface area (Å²) in [7, 11) is -3.40. The van der Waals surface area contributed by atoms with Crippen LogP contribution in [0.15, 0.2) is 29.4 Å². The zero-order chi connectivity index (χ0) is 15.3. The van der Waals surface area contributed by atoms with E-state index in [9.17, 15) is 8.42 Å². The van der Waals surface area contributed by atoms with Gasteiger partial charge in [-0.25, -0.2) is 8.42 Å². The van der Waals surface area contributed by atoms with Crippen molar-refractivity contribution < 1.29 is 18.4 Å². The molecule has 1 aromatic carbocycles. The molecule has 1 aliphatic heterocycles. The summed E-state index contributed by atoms with van der Waals surface area (Å²) in [6, 6.07) is 6.80. The van der Waals surface area contributed by atoms with Crippen molar-refractivity contribution in [2.75, 3.05) is 17.9 Å². The third-order valence-electron chi connectivity index (χ3n) is 3.33. The molecule has 1 aliphatic rings. The van der Waals surface area contributed by atoms with Crippen molar-refractivity contribution in [1.29, 1.82) is 0 Å². The molecule has 0 radical (unpaired) electrons. The molecule has 0 atom stereocenters. The average Bonchev–Trinajstić information content (AvgIpc) is 2.50. The number of hydrogen-bond donors (Lipinski definition) is 3. The fourth-order valence-corrected chi connectivity index (χ4v) is 3.61. The number of ether oxygens (including phenoxy) is 1. The van der Waals surface area contributed by atoms with E-state index >= 15 is 0 Å². The molecule has 1 aromatic rings. The van der Waals surface area contributed by atoms with Crippen molar-refractivity contribution in [1.82, 2.24) is 0 Å². The Morgan fingerprint density at radius 1 is 1.33 bits per heavy atom. The lowest BCUT2D eigenvalue weighted by Gasteiger charge is -2.22. The molecule has 0 unspecified atom stereocenters. The van der Waals surface area contributed by atoms with Gasteiger partial charge in [0.15, 0.2) is 0 Å². The van der Waals surface area contributed by atoms with Crippen molar-refractivity contribution in [3.05, 3.63) is 29.8 Å². The van der Waals surface area contributed by atoms with E-state index in [1.165, 1.54) is 0 Å². The van der Waals surface area contributed by atoms with Gasteiger partial charge in [-0.2, -0.15) is 0 Å². The van der Waals surface area contributed by atoms with Crippen LogP contribution < -0.4 is 10.5 Å². The molecule has 1 fully saturated rings. The second-order valence-electron chi connectivity index (χ2n) is 4.92. The van der Waals surface area contributed by atoms with Gasteiger partial charge in [0.25, 0.3) is 0 Å². The lowest BCUT2D eigenvalue weighted by Crippen LogP contribution is -2.33. The SMILES string of the molecule is NC(Cc1ccc(NS(=O)(=O)C2CCOCC2)cc1)=NO. The van der Waals surface area contributed by atoms with Crippen LogP contribution in [0, 0.1) is 0 Å². The molecule has 21 heavy (non-hydrogen) atoms. The van der Waals surface area contributed by atoms with Crippen LogP contribution in [0.2, 0.25) is 0 Å². The Morgan fingerprint density at radius 3 is 2.52 bits per heavy atom. The summed E-state index contributed by atoms with van der Waals surface area (Å²) in [5.41, 5.74) is 6.76. The molecule has 0 amide bonds. The predicted molar refractivity (Wildman–Crippen MR) is 79.9 cm³/mol. The van der Waals surface area contributed by atoms with Crippen LogP contribution in [-0.2, 0) is 21.2 Å². The molecule has 1 heterocycles. The van der Waals surface area contributed by atoms with Crippen LogP contribution in [0.25, 0.3) is 0 Å². The van der Waals surface area contributed by atoms with E-state index in [1.54, 1.807) is 24.3 Å². The van der Waals surface area contributed by atoms with Crippen LogP contribution in [0.3, 0.4) is 0 Å². The first-order chi connectivity index (χ1) is 10.0. The maximum Gasteiger partial charge on any atom is 0.235 e. The highest BCUT2D eigenvalue weighted by atomic mass is 32.2. The summed E-state index contributed by atoms with van der Waals surface area (Å²) in [6.07, 6.45) is 1.33. The zero-order valence-electron chi connectivity index (χ0n) is 11.5. The standard InChI is InChI=1S/C13H19N3O4S/c14-13(15-17)9-10-1-3-11(4-2-10)16-21(18,19)12-5-7-20-8-6-12/h1-4,12,16-17H,5-9H2,(H2,14,15). The second kappa shape index (κ2) is 6.77. The van der Waals surface area contributed by atoms with Gasteiger partial charge in [0, 0.05) is 25.3 Å². The van der Waals surface area contributed by atoms with Gasteiger partial charge in [0.1, 0.15) is 5.84 Å². The highest BCUT2D eigenvalue weighted by Gasteiger charge is 2.27. The number of oxime groups is 1. The third kappa shape index (κ3) is 4.33. The minimum absolute atomic E-state index is 0.102. The Kier molecular flexibility index (Phi) is 5.03. The number of sulfonamides is 1. The van der Waals surface area contributed by atoms with E-state index in [2.05, 4.69) is 9.88 Å². The number of benzene rings is 1. The van der Waals surface area contributed by atoms with Crippen LogP contribution in [0.1, 0.15) is 18.4 Å². The van der Waals surface area contributed by atoms with Gasteiger partial charge in [-0.05, 0) is 30.5 Å². The van der Waals surface area contributed by atoms with Crippen LogP contribution in [-0.4, -0.2) is 37.9 Å². The van der Waals surface area contributed by atoms with Gasteiger partial charge in [-0.1, -0.05) is 17.3 Å². The van der Waals surface area contributed by atoms with Crippen molar-refractivity contribution >= 4 is 21.5 Å². The monoisotopic (exact) mass is 313 g/mol. The Hall–Kier alpha value is -1.80. The Balaban J connectivity index is 2.02. The highest BCUT2D eigenvalue weighted by molar-refractivity contribution is 7.93. The molecule has 0 bridgehead atoms. The Bertz CT molecular complexity index is 592. The molecule has 0 aliphatic carbocycles. The van der Waals surface area contributed by atoms with E-state index in [0.29, 0.717) is 38.2 Å². The van der Waals surface area contributed by atoms with E-state index in [4.69, 9.17) is 15.7 Å². The van der Waals surface area contributed by atoms with Gasteiger partial charge in [0.2, 0.25) is 10.0 Å². The first-order valence-electron chi connectivity index (χ1n) is 6.66. The molecule has 0 saturated carbocycles. The highest BCUT2D eigenvalue weighted by Crippen LogP contribution is 2.19.